The number of ether oxygens (including phenoxy) is 1. The molecule has 1 atom stereocenters. The maximum Gasteiger partial charge on any atom is 0.265 e. The van der Waals surface area contributed by atoms with Gasteiger partial charge in [0.1, 0.15) is 5.75 Å². The fourth-order valence-corrected chi connectivity index (χ4v) is 1.99. The molecule has 1 aromatic carbocycles. The zero-order valence-electron chi connectivity index (χ0n) is 10.2. The van der Waals surface area contributed by atoms with Crippen molar-refractivity contribution in [1.29, 1.82) is 0 Å². The van der Waals surface area contributed by atoms with Crippen molar-refractivity contribution in [3.05, 3.63) is 23.8 Å². The molecule has 1 aliphatic rings. The molecule has 1 aliphatic heterocycles. The van der Waals surface area contributed by atoms with E-state index < -0.39 is 6.10 Å². The quantitative estimate of drug-likeness (QED) is 0.839. The normalized spacial score (nSPS) is 18.6. The number of hydrogen-bond donors (Lipinski definition) is 2. The van der Waals surface area contributed by atoms with E-state index in [-0.39, 0.29) is 5.91 Å². The van der Waals surface area contributed by atoms with Crippen LogP contribution in [0, 0.1) is 0 Å². The van der Waals surface area contributed by atoms with Crippen molar-refractivity contribution in [3.8, 4) is 5.75 Å². The molecule has 0 spiro atoms. The minimum Gasteiger partial charge on any atom is -0.478 e. The summed E-state index contributed by atoms with van der Waals surface area (Å²) in [6.07, 6.45) is 0.0740. The van der Waals surface area contributed by atoms with E-state index in [1.807, 2.05) is 18.2 Å². The summed E-state index contributed by atoms with van der Waals surface area (Å²) in [6.45, 7) is 4.65. The van der Waals surface area contributed by atoms with Gasteiger partial charge in [-0.3, -0.25) is 4.79 Å². The molecule has 4 nitrogen and oxygen atoms in total. The van der Waals surface area contributed by atoms with Crippen LogP contribution in [0.15, 0.2) is 18.2 Å². The molecule has 0 aromatic heterocycles. The fourth-order valence-electron chi connectivity index (χ4n) is 1.99. The molecule has 1 unspecified atom stereocenters. The van der Waals surface area contributed by atoms with Gasteiger partial charge in [0.15, 0.2) is 6.10 Å². The van der Waals surface area contributed by atoms with Crippen molar-refractivity contribution < 1.29 is 9.53 Å². The van der Waals surface area contributed by atoms with Gasteiger partial charge in [-0.2, -0.15) is 0 Å². The third kappa shape index (κ3) is 2.26. The van der Waals surface area contributed by atoms with Crippen LogP contribution in [-0.4, -0.2) is 18.6 Å². The van der Waals surface area contributed by atoms with Crippen molar-refractivity contribution in [2.24, 2.45) is 5.73 Å². The van der Waals surface area contributed by atoms with Gasteiger partial charge in [0.05, 0.1) is 5.69 Å². The lowest BCUT2D eigenvalue weighted by atomic mass is 10.00. The Morgan fingerprint density at radius 3 is 2.88 bits per heavy atom. The van der Waals surface area contributed by atoms with E-state index >= 15 is 0 Å². The summed E-state index contributed by atoms with van der Waals surface area (Å²) in [5, 5.41) is 2.87. The van der Waals surface area contributed by atoms with Gasteiger partial charge in [-0.25, -0.2) is 0 Å². The average Bonchev–Trinajstić information content (AvgIpc) is 2.29. The number of anilines is 1. The largest absolute Gasteiger partial charge is 0.478 e. The summed E-state index contributed by atoms with van der Waals surface area (Å²) in [6, 6.07) is 5.82. The Bertz CT molecular complexity index is 429. The molecular weight excluding hydrogens is 216 g/mol. The highest BCUT2D eigenvalue weighted by atomic mass is 16.5. The fraction of sp³-hybridized carbons (Fsp3) is 0.462. The first-order valence-corrected chi connectivity index (χ1v) is 5.94. The van der Waals surface area contributed by atoms with Gasteiger partial charge in [-0.05, 0) is 24.1 Å². The number of fused-ring (bicyclic) bond motifs is 1. The van der Waals surface area contributed by atoms with Gasteiger partial charge in [0, 0.05) is 6.42 Å². The third-order valence-electron chi connectivity index (χ3n) is 2.91. The second-order valence-corrected chi connectivity index (χ2v) is 4.55. The third-order valence-corrected chi connectivity index (χ3v) is 2.91. The molecule has 3 N–H and O–H groups in total. The smallest absolute Gasteiger partial charge is 0.265 e. The predicted molar refractivity (Wildman–Crippen MR) is 67.2 cm³/mol. The molecule has 0 bridgehead atoms. The van der Waals surface area contributed by atoms with Crippen LogP contribution >= 0.6 is 0 Å². The van der Waals surface area contributed by atoms with Crippen molar-refractivity contribution in [3.63, 3.8) is 0 Å². The van der Waals surface area contributed by atoms with Crippen LogP contribution in [0.3, 0.4) is 0 Å². The Morgan fingerprint density at radius 1 is 1.47 bits per heavy atom. The summed E-state index contributed by atoms with van der Waals surface area (Å²) >= 11 is 0. The number of hydrogen-bond acceptors (Lipinski definition) is 3. The van der Waals surface area contributed by atoms with Gasteiger partial charge >= 0.3 is 0 Å². The van der Waals surface area contributed by atoms with E-state index in [4.69, 9.17) is 10.5 Å². The number of benzene rings is 1. The zero-order chi connectivity index (χ0) is 12.4. The number of carbonyl (C=O) groups is 1. The SMILES string of the molecule is CC(C)c1cccc2c1OC(CCN)C(=O)N2. The molecule has 0 saturated carbocycles. The number of nitrogens with one attached hydrogen (secondary N) is 1. The molecule has 1 aromatic rings. The van der Waals surface area contributed by atoms with Crippen LogP contribution in [0.2, 0.25) is 0 Å². The van der Waals surface area contributed by atoms with Crippen LogP contribution in [-0.2, 0) is 4.79 Å². The molecule has 1 heterocycles. The van der Waals surface area contributed by atoms with Crippen molar-refractivity contribution in [2.45, 2.75) is 32.3 Å². The Kier molecular flexibility index (Phi) is 3.33. The molecule has 2 rings (SSSR count). The van der Waals surface area contributed by atoms with Crippen molar-refractivity contribution >= 4 is 11.6 Å². The molecule has 4 heteroatoms. The van der Waals surface area contributed by atoms with Gasteiger partial charge in [-0.15, -0.1) is 0 Å². The first-order chi connectivity index (χ1) is 8.13. The topological polar surface area (TPSA) is 64.3 Å². The second kappa shape index (κ2) is 4.75. The van der Waals surface area contributed by atoms with Crippen LogP contribution in [0.5, 0.6) is 5.75 Å². The monoisotopic (exact) mass is 234 g/mol. The predicted octanol–water partition coefficient (Wildman–Crippen LogP) is 1.86. The molecule has 0 fully saturated rings. The highest BCUT2D eigenvalue weighted by molar-refractivity contribution is 5.98. The van der Waals surface area contributed by atoms with E-state index in [2.05, 4.69) is 19.2 Å². The van der Waals surface area contributed by atoms with E-state index in [1.165, 1.54) is 0 Å². The number of amides is 1. The Balaban J connectivity index is 2.36. The molecule has 0 aliphatic carbocycles. The van der Waals surface area contributed by atoms with Crippen LogP contribution in [0.4, 0.5) is 5.69 Å². The number of nitrogens with two attached hydrogens (primary N) is 1. The maximum absolute atomic E-state index is 11.7. The molecule has 0 radical (unpaired) electrons. The molecule has 92 valence electrons. The Morgan fingerprint density at radius 2 is 2.24 bits per heavy atom. The second-order valence-electron chi connectivity index (χ2n) is 4.55. The number of para-hydroxylation sites is 1. The first kappa shape index (κ1) is 11.9. The molecule has 1 amide bonds. The van der Waals surface area contributed by atoms with E-state index in [9.17, 15) is 4.79 Å². The summed E-state index contributed by atoms with van der Waals surface area (Å²) < 4.78 is 5.78. The lowest BCUT2D eigenvalue weighted by Crippen LogP contribution is -2.38. The summed E-state index contributed by atoms with van der Waals surface area (Å²) in [5.74, 6) is 1.04. The highest BCUT2D eigenvalue weighted by Gasteiger charge is 2.28. The maximum atomic E-state index is 11.7. The number of carbonyl (C=O) groups excluding carboxylic acids is 1. The summed E-state index contributed by atoms with van der Waals surface area (Å²) in [7, 11) is 0. The zero-order valence-corrected chi connectivity index (χ0v) is 10.2. The lowest BCUT2D eigenvalue weighted by molar-refractivity contribution is -0.123. The Hall–Kier alpha value is -1.55. The summed E-state index contributed by atoms with van der Waals surface area (Å²) in [5.41, 5.74) is 7.35. The molecule has 0 saturated heterocycles. The van der Waals surface area contributed by atoms with Gasteiger partial charge in [0.2, 0.25) is 0 Å². The van der Waals surface area contributed by atoms with Crippen LogP contribution in [0.1, 0.15) is 31.7 Å². The first-order valence-electron chi connectivity index (χ1n) is 5.94. The average molecular weight is 234 g/mol. The van der Waals surface area contributed by atoms with Crippen molar-refractivity contribution in [2.75, 3.05) is 11.9 Å². The Labute approximate surface area is 101 Å². The minimum absolute atomic E-state index is 0.108. The minimum atomic E-state index is -0.465. The van der Waals surface area contributed by atoms with Crippen LogP contribution in [0.25, 0.3) is 0 Å². The lowest BCUT2D eigenvalue weighted by Gasteiger charge is -2.28. The summed E-state index contributed by atoms with van der Waals surface area (Å²) in [4.78, 5) is 11.7. The molecular formula is C13H18N2O2. The van der Waals surface area contributed by atoms with Gasteiger partial charge in [0.25, 0.3) is 5.91 Å². The van der Waals surface area contributed by atoms with Crippen molar-refractivity contribution in [1.82, 2.24) is 0 Å². The highest BCUT2D eigenvalue weighted by Crippen LogP contribution is 2.37. The van der Waals surface area contributed by atoms with Gasteiger partial charge in [-0.1, -0.05) is 26.0 Å². The van der Waals surface area contributed by atoms with E-state index in [0.717, 1.165) is 17.0 Å². The standard InChI is InChI=1S/C13H18N2O2/c1-8(2)9-4-3-5-10-12(9)17-11(6-7-14)13(16)15-10/h3-5,8,11H,6-7,14H2,1-2H3,(H,15,16). The number of rotatable bonds is 3. The molecule has 17 heavy (non-hydrogen) atoms. The van der Waals surface area contributed by atoms with E-state index in [1.54, 1.807) is 0 Å². The van der Waals surface area contributed by atoms with E-state index in [0.29, 0.717) is 18.9 Å². The van der Waals surface area contributed by atoms with Gasteiger partial charge < -0.3 is 15.8 Å². The van der Waals surface area contributed by atoms with Crippen LogP contribution < -0.4 is 15.8 Å².